The monoisotopic (exact) mass is 462 g/mol. The predicted octanol–water partition coefficient (Wildman–Crippen LogP) is 4.11. The van der Waals surface area contributed by atoms with Gasteiger partial charge in [-0.3, -0.25) is 5.10 Å². The zero-order chi connectivity index (χ0) is 24.2. The van der Waals surface area contributed by atoms with Gasteiger partial charge in [0.25, 0.3) is 0 Å². The Labute approximate surface area is 197 Å². The highest BCUT2D eigenvalue weighted by Crippen LogP contribution is 2.51. The maximum Gasteiger partial charge on any atom is 0.244 e. The third-order valence-electron chi connectivity index (χ3n) is 5.60. The minimum absolute atomic E-state index is 0.0266. The van der Waals surface area contributed by atoms with Gasteiger partial charge < -0.3 is 29.4 Å². The number of nitrogens with zero attached hydrogens (tertiary/aromatic N) is 2. The van der Waals surface area contributed by atoms with E-state index in [2.05, 4.69) is 23.2 Å². The zero-order valence-corrected chi connectivity index (χ0v) is 19.5. The number of nitrogens with one attached hydrogen (secondary N) is 1. The second-order valence-electron chi connectivity index (χ2n) is 7.56. The van der Waals surface area contributed by atoms with Crippen LogP contribution < -0.4 is 29.4 Å². The number of methoxy groups -OCH3 is 3. The van der Waals surface area contributed by atoms with Gasteiger partial charge in [-0.05, 0) is 30.7 Å². The number of nitrogens with two attached hydrogens (primary N) is 1. The molecule has 0 fully saturated rings. The van der Waals surface area contributed by atoms with E-state index >= 15 is 0 Å². The molecule has 9 nitrogen and oxygen atoms in total. The molecule has 3 N–H and O–H groups in total. The molecule has 2 aromatic carbocycles. The highest BCUT2D eigenvalue weighted by atomic mass is 16.5. The molecule has 0 saturated carbocycles. The third kappa shape index (κ3) is 3.94. The molecule has 0 aliphatic carbocycles. The van der Waals surface area contributed by atoms with Crippen LogP contribution >= 0.6 is 0 Å². The summed E-state index contributed by atoms with van der Waals surface area (Å²) >= 11 is 0. The van der Waals surface area contributed by atoms with E-state index in [0.717, 1.165) is 17.7 Å². The highest BCUT2D eigenvalue weighted by molar-refractivity contribution is 5.73. The van der Waals surface area contributed by atoms with Gasteiger partial charge in [0.05, 0.1) is 45.1 Å². The Morgan fingerprint density at radius 3 is 2.26 bits per heavy atom. The Hall–Kier alpha value is -4.32. The first-order valence-corrected chi connectivity index (χ1v) is 10.7. The lowest BCUT2D eigenvalue weighted by Gasteiger charge is -2.27. The topological polar surface area (TPSA) is 125 Å². The first-order chi connectivity index (χ1) is 16.6. The van der Waals surface area contributed by atoms with Crippen LogP contribution in [0.25, 0.3) is 11.3 Å². The van der Waals surface area contributed by atoms with E-state index in [9.17, 15) is 5.26 Å². The number of fused-ring (bicyclic) bond motifs is 1. The Morgan fingerprint density at radius 2 is 1.71 bits per heavy atom. The largest absolute Gasteiger partial charge is 0.496 e. The van der Waals surface area contributed by atoms with E-state index < -0.39 is 5.92 Å². The molecule has 1 aromatic heterocycles. The number of rotatable bonds is 8. The van der Waals surface area contributed by atoms with Crippen LogP contribution in [0.3, 0.4) is 0 Å². The summed E-state index contributed by atoms with van der Waals surface area (Å²) in [6.45, 7) is 2.69. The van der Waals surface area contributed by atoms with Gasteiger partial charge in [0.1, 0.15) is 34.6 Å². The molecule has 1 aliphatic heterocycles. The molecule has 4 rings (SSSR count). The highest BCUT2D eigenvalue weighted by Gasteiger charge is 2.39. The van der Waals surface area contributed by atoms with Crippen LogP contribution in [0, 0.1) is 11.3 Å². The van der Waals surface area contributed by atoms with Crippen molar-refractivity contribution in [3.8, 4) is 46.2 Å². The number of hydrogen-bond acceptors (Lipinski definition) is 8. The first-order valence-electron chi connectivity index (χ1n) is 10.7. The quantitative estimate of drug-likeness (QED) is 0.512. The van der Waals surface area contributed by atoms with Crippen molar-refractivity contribution >= 4 is 0 Å². The van der Waals surface area contributed by atoms with Gasteiger partial charge in [-0.2, -0.15) is 5.26 Å². The van der Waals surface area contributed by atoms with Gasteiger partial charge in [0, 0.05) is 23.3 Å². The molecular formula is C25H26N4O5. The Kier molecular flexibility index (Phi) is 6.50. The van der Waals surface area contributed by atoms with Crippen molar-refractivity contribution in [2.24, 2.45) is 5.73 Å². The summed E-state index contributed by atoms with van der Waals surface area (Å²) in [5, 5.41) is 17.4. The van der Waals surface area contributed by atoms with Gasteiger partial charge in [0.15, 0.2) is 0 Å². The van der Waals surface area contributed by atoms with E-state index in [1.54, 1.807) is 33.5 Å². The van der Waals surface area contributed by atoms with Crippen LogP contribution in [0.2, 0.25) is 0 Å². The maximum absolute atomic E-state index is 10.0. The molecule has 3 aromatic rings. The molecule has 0 saturated heterocycles. The number of benzene rings is 2. The summed E-state index contributed by atoms with van der Waals surface area (Å²) in [7, 11) is 4.64. The number of aromatic nitrogens is 2. The fraction of sp³-hybridized carbons (Fsp3) is 0.280. The van der Waals surface area contributed by atoms with Gasteiger partial charge >= 0.3 is 0 Å². The number of hydrogen-bond donors (Lipinski definition) is 2. The van der Waals surface area contributed by atoms with Crippen molar-refractivity contribution < 1.29 is 23.7 Å². The summed E-state index contributed by atoms with van der Waals surface area (Å²) in [5.41, 5.74) is 9.15. The van der Waals surface area contributed by atoms with E-state index in [1.165, 1.54) is 0 Å². The van der Waals surface area contributed by atoms with E-state index in [0.29, 0.717) is 40.7 Å². The summed E-state index contributed by atoms with van der Waals surface area (Å²) in [6.07, 6.45) is 0.922. The van der Waals surface area contributed by atoms with Crippen LogP contribution in [0.4, 0.5) is 0 Å². The average Bonchev–Trinajstić information content (AvgIpc) is 3.29. The third-order valence-corrected chi connectivity index (χ3v) is 5.60. The predicted molar refractivity (Wildman–Crippen MR) is 125 cm³/mol. The lowest BCUT2D eigenvalue weighted by atomic mass is 9.82. The summed E-state index contributed by atoms with van der Waals surface area (Å²) in [5.74, 6) is 1.87. The Balaban J connectivity index is 1.91. The van der Waals surface area contributed by atoms with Gasteiger partial charge in [0.2, 0.25) is 11.8 Å². The molecule has 9 heteroatoms. The smallest absolute Gasteiger partial charge is 0.244 e. The second-order valence-corrected chi connectivity index (χ2v) is 7.56. The Morgan fingerprint density at radius 1 is 1.03 bits per heavy atom. The lowest BCUT2D eigenvalue weighted by molar-refractivity contribution is 0.317. The molecule has 1 atom stereocenters. The zero-order valence-electron chi connectivity index (χ0n) is 19.5. The molecular weight excluding hydrogens is 436 g/mol. The van der Waals surface area contributed by atoms with E-state index in [1.807, 2.05) is 24.3 Å². The van der Waals surface area contributed by atoms with Crippen molar-refractivity contribution in [1.29, 1.82) is 5.26 Å². The number of aromatic amines is 1. The molecule has 0 radical (unpaired) electrons. The summed E-state index contributed by atoms with van der Waals surface area (Å²) in [6, 6.07) is 13.3. The van der Waals surface area contributed by atoms with Crippen LogP contribution in [0.1, 0.15) is 30.4 Å². The number of nitriles is 1. The van der Waals surface area contributed by atoms with Crippen molar-refractivity contribution in [3.63, 3.8) is 0 Å². The fourth-order valence-corrected chi connectivity index (χ4v) is 4.01. The average molecular weight is 463 g/mol. The molecule has 0 spiro atoms. The minimum atomic E-state index is -0.658. The van der Waals surface area contributed by atoms with Crippen LogP contribution in [-0.4, -0.2) is 38.1 Å². The van der Waals surface area contributed by atoms with Gasteiger partial charge in [-0.1, -0.05) is 6.92 Å². The van der Waals surface area contributed by atoms with Crippen LogP contribution in [0.5, 0.6) is 28.9 Å². The van der Waals surface area contributed by atoms with Gasteiger partial charge in [-0.25, -0.2) is 0 Å². The Bertz CT molecular complexity index is 1230. The minimum Gasteiger partial charge on any atom is -0.496 e. The van der Waals surface area contributed by atoms with Crippen LogP contribution in [-0.2, 0) is 0 Å². The summed E-state index contributed by atoms with van der Waals surface area (Å²) < 4.78 is 28.2. The molecule has 34 heavy (non-hydrogen) atoms. The maximum atomic E-state index is 10.0. The number of H-pyrrole nitrogens is 1. The molecule has 0 bridgehead atoms. The second kappa shape index (κ2) is 9.67. The van der Waals surface area contributed by atoms with E-state index in [4.69, 9.17) is 29.4 Å². The molecule has 2 heterocycles. The first kappa shape index (κ1) is 22.9. The van der Waals surface area contributed by atoms with Gasteiger partial charge in [-0.15, -0.1) is 5.10 Å². The molecule has 1 aliphatic rings. The molecule has 0 unspecified atom stereocenters. The van der Waals surface area contributed by atoms with Crippen LogP contribution in [0.15, 0.2) is 47.9 Å². The van der Waals surface area contributed by atoms with Crippen molar-refractivity contribution in [2.45, 2.75) is 19.3 Å². The number of allylic oxidation sites excluding steroid dienone is 1. The lowest BCUT2D eigenvalue weighted by Crippen LogP contribution is -2.21. The summed E-state index contributed by atoms with van der Waals surface area (Å²) in [4.78, 5) is 0. The van der Waals surface area contributed by atoms with Crippen molar-refractivity contribution in [2.75, 3.05) is 27.9 Å². The SMILES string of the molecule is CCCOc1ccc(-c2[nH]nc3c2[C@H](c2c(OC)cc(OC)cc2OC)C(C#N)=C(N)O3)cc1. The van der Waals surface area contributed by atoms with E-state index in [-0.39, 0.29) is 17.3 Å². The van der Waals surface area contributed by atoms with Crippen molar-refractivity contribution in [3.05, 3.63) is 59.0 Å². The molecule has 0 amide bonds. The van der Waals surface area contributed by atoms with Crippen molar-refractivity contribution in [1.82, 2.24) is 10.2 Å². The number of ether oxygens (including phenoxy) is 5. The fourth-order valence-electron chi connectivity index (χ4n) is 4.01. The normalized spacial score (nSPS) is 14.6. The molecule has 176 valence electrons. The standard InChI is InChI=1S/C25H26N4O5/c1-5-10-33-15-8-6-14(7-9-15)23-22-20(17(13-26)24(27)34-25(22)29-28-23)21-18(31-3)11-16(30-2)12-19(21)32-4/h6-9,11-12,20H,5,10,27H2,1-4H3,(H,28,29)/t20-/m0/s1.